The number of rotatable bonds is 11. The lowest BCUT2D eigenvalue weighted by atomic mass is 9.90. The van der Waals surface area contributed by atoms with Gasteiger partial charge in [-0.3, -0.25) is 14.4 Å². The van der Waals surface area contributed by atoms with Crippen molar-refractivity contribution in [1.82, 2.24) is 0 Å². The summed E-state index contributed by atoms with van der Waals surface area (Å²) in [5, 5.41) is 8.61. The van der Waals surface area contributed by atoms with Crippen LogP contribution in [-0.2, 0) is 35.6 Å². The molecule has 2 aliphatic carbocycles. The molecule has 0 atom stereocenters. The van der Waals surface area contributed by atoms with Crippen LogP contribution < -0.4 is 9.47 Å². The zero-order valence-electron chi connectivity index (χ0n) is 27.7. The molecule has 4 aromatic carbocycles. The fraction of sp³-hybridized carbons (Fsp3) is 0.238. The molecule has 6 rings (SSSR count). The second-order valence-corrected chi connectivity index (χ2v) is 12.1. The van der Waals surface area contributed by atoms with E-state index in [1.165, 1.54) is 0 Å². The summed E-state index contributed by atoms with van der Waals surface area (Å²) in [7, 11) is 0. The standard InChI is InChI=1S/C22H22O3.C20H18O4/c1-2-19(23)11-10-16-6-8-17(9-7-16)15-25-20-12-13-21-18(14-20)4-3-5-22(21)24;21-19-3-1-2-16-12-17(9-10-18(16)19)24-13-15-6-4-14(5-7-15)8-11-20(22)23/h6-14H,2-5,15H2,1H3;4-12H,1-3,13H2,(H,22,23)/b11-10+;11-8+. The molecular formula is C42H40O7. The average molecular weight is 657 g/mol. The molecule has 0 fully saturated rings. The molecule has 0 heterocycles. The Balaban J connectivity index is 0.000000191. The molecule has 49 heavy (non-hydrogen) atoms. The Bertz CT molecular complexity index is 1860. The summed E-state index contributed by atoms with van der Waals surface area (Å²) in [6.45, 7) is 2.75. The molecule has 2 aliphatic rings. The van der Waals surface area contributed by atoms with Crippen molar-refractivity contribution in [1.29, 1.82) is 0 Å². The van der Waals surface area contributed by atoms with Gasteiger partial charge in [-0.05, 0) is 108 Å². The van der Waals surface area contributed by atoms with Crippen LogP contribution >= 0.6 is 0 Å². The zero-order valence-corrected chi connectivity index (χ0v) is 27.7. The molecule has 0 spiro atoms. The Labute approximate surface area is 286 Å². The summed E-state index contributed by atoms with van der Waals surface area (Å²) in [6, 6.07) is 26.8. The Hall–Kier alpha value is -5.56. The maximum absolute atomic E-state index is 11.9. The van der Waals surface area contributed by atoms with Gasteiger partial charge in [0.05, 0.1) is 0 Å². The molecule has 0 saturated heterocycles. The number of ether oxygens (including phenoxy) is 2. The van der Waals surface area contributed by atoms with Gasteiger partial charge in [0.15, 0.2) is 17.3 Å². The molecule has 7 nitrogen and oxygen atoms in total. The van der Waals surface area contributed by atoms with E-state index in [-0.39, 0.29) is 17.3 Å². The highest BCUT2D eigenvalue weighted by atomic mass is 16.5. The van der Waals surface area contributed by atoms with E-state index < -0.39 is 5.97 Å². The number of carboxylic acids is 1. The van der Waals surface area contributed by atoms with Crippen LogP contribution in [0.3, 0.4) is 0 Å². The first-order chi connectivity index (χ1) is 23.8. The second kappa shape index (κ2) is 17.0. The van der Waals surface area contributed by atoms with E-state index in [0.29, 0.717) is 32.5 Å². The van der Waals surface area contributed by atoms with E-state index in [2.05, 4.69) is 0 Å². The predicted molar refractivity (Wildman–Crippen MR) is 190 cm³/mol. The van der Waals surface area contributed by atoms with Gasteiger partial charge in [0.1, 0.15) is 24.7 Å². The lowest BCUT2D eigenvalue weighted by Crippen LogP contribution is -2.10. The van der Waals surface area contributed by atoms with Crippen molar-refractivity contribution >= 4 is 35.5 Å². The molecule has 0 bridgehead atoms. The molecular weight excluding hydrogens is 616 g/mol. The summed E-state index contributed by atoms with van der Waals surface area (Å²) in [6.07, 6.45) is 11.6. The predicted octanol–water partition coefficient (Wildman–Crippen LogP) is 8.66. The first-order valence-corrected chi connectivity index (χ1v) is 16.6. The van der Waals surface area contributed by atoms with Crippen LogP contribution in [0.2, 0.25) is 0 Å². The molecule has 0 aliphatic heterocycles. The van der Waals surface area contributed by atoms with Gasteiger partial charge in [0.25, 0.3) is 0 Å². The highest BCUT2D eigenvalue weighted by molar-refractivity contribution is 5.99. The largest absolute Gasteiger partial charge is 0.489 e. The number of carboxylic acid groups (broad SMARTS) is 1. The van der Waals surface area contributed by atoms with Gasteiger partial charge >= 0.3 is 5.97 Å². The number of ketones is 3. The normalized spacial score (nSPS) is 13.7. The number of Topliss-reactive ketones (excluding diaryl/α,β-unsaturated/α-hetero) is 2. The monoisotopic (exact) mass is 656 g/mol. The number of aryl methyl sites for hydroxylation is 2. The summed E-state index contributed by atoms with van der Waals surface area (Å²) >= 11 is 0. The number of hydrogen-bond donors (Lipinski definition) is 1. The van der Waals surface area contributed by atoms with Gasteiger partial charge in [-0.2, -0.15) is 0 Å². The number of benzene rings is 4. The minimum absolute atomic E-state index is 0.123. The van der Waals surface area contributed by atoms with Crippen LogP contribution in [0.1, 0.15) is 93.1 Å². The van der Waals surface area contributed by atoms with Crippen LogP contribution in [0, 0.1) is 0 Å². The summed E-state index contributed by atoms with van der Waals surface area (Å²) in [5.74, 6) is 1.17. The second-order valence-electron chi connectivity index (χ2n) is 12.1. The molecule has 1 N–H and O–H groups in total. The van der Waals surface area contributed by atoms with Crippen molar-refractivity contribution in [2.75, 3.05) is 0 Å². The fourth-order valence-electron chi connectivity index (χ4n) is 5.68. The molecule has 4 aromatic rings. The van der Waals surface area contributed by atoms with Gasteiger partial charge in [0, 0.05) is 36.5 Å². The number of carbonyl (C=O) groups is 4. The molecule has 0 aromatic heterocycles. The maximum atomic E-state index is 11.9. The Morgan fingerprint density at radius 2 is 1.08 bits per heavy atom. The van der Waals surface area contributed by atoms with Crippen LogP contribution in [0.5, 0.6) is 11.5 Å². The van der Waals surface area contributed by atoms with Crippen LogP contribution in [0.4, 0.5) is 0 Å². The van der Waals surface area contributed by atoms with Gasteiger partial charge in [-0.15, -0.1) is 0 Å². The molecule has 0 unspecified atom stereocenters. The van der Waals surface area contributed by atoms with E-state index in [4.69, 9.17) is 14.6 Å². The molecule has 0 amide bonds. The highest BCUT2D eigenvalue weighted by Crippen LogP contribution is 2.27. The maximum Gasteiger partial charge on any atom is 0.328 e. The van der Waals surface area contributed by atoms with E-state index in [0.717, 1.165) is 87.8 Å². The number of fused-ring (bicyclic) bond motifs is 2. The van der Waals surface area contributed by atoms with E-state index in [1.54, 1.807) is 12.2 Å². The van der Waals surface area contributed by atoms with Gasteiger partial charge < -0.3 is 14.6 Å². The molecule has 7 heteroatoms. The summed E-state index contributed by atoms with van der Waals surface area (Å²) < 4.78 is 11.7. The van der Waals surface area contributed by atoms with E-state index in [1.807, 2.05) is 97.9 Å². The number of allylic oxidation sites excluding steroid dienone is 1. The van der Waals surface area contributed by atoms with Gasteiger partial charge in [-0.25, -0.2) is 4.79 Å². The van der Waals surface area contributed by atoms with Crippen molar-refractivity contribution in [2.24, 2.45) is 0 Å². The fourth-order valence-corrected chi connectivity index (χ4v) is 5.68. The van der Waals surface area contributed by atoms with Crippen LogP contribution in [0.25, 0.3) is 12.2 Å². The third kappa shape index (κ3) is 10.2. The number of hydrogen-bond acceptors (Lipinski definition) is 6. The van der Waals surface area contributed by atoms with Gasteiger partial charge in [-0.1, -0.05) is 61.5 Å². The van der Waals surface area contributed by atoms with Crippen LogP contribution in [0.15, 0.2) is 97.1 Å². The van der Waals surface area contributed by atoms with E-state index in [9.17, 15) is 19.2 Å². The number of aliphatic carboxylic acids is 1. The minimum atomic E-state index is -0.965. The third-order valence-electron chi connectivity index (χ3n) is 8.45. The number of carbonyl (C=O) groups excluding carboxylic acids is 3. The first kappa shape index (κ1) is 34.8. The lowest BCUT2D eigenvalue weighted by molar-refractivity contribution is -0.131. The summed E-state index contributed by atoms with van der Waals surface area (Å²) in [5.41, 5.74) is 7.71. The topological polar surface area (TPSA) is 107 Å². The Morgan fingerprint density at radius 1 is 0.633 bits per heavy atom. The first-order valence-electron chi connectivity index (χ1n) is 16.6. The molecule has 0 saturated carbocycles. The lowest BCUT2D eigenvalue weighted by Gasteiger charge is -2.16. The van der Waals surface area contributed by atoms with Crippen molar-refractivity contribution in [3.05, 3.63) is 142 Å². The Morgan fingerprint density at radius 3 is 1.51 bits per heavy atom. The van der Waals surface area contributed by atoms with Crippen LogP contribution in [-0.4, -0.2) is 28.4 Å². The van der Waals surface area contributed by atoms with Crippen molar-refractivity contribution in [3.8, 4) is 11.5 Å². The van der Waals surface area contributed by atoms with Gasteiger partial charge in [0.2, 0.25) is 0 Å². The zero-order chi connectivity index (χ0) is 34.6. The van der Waals surface area contributed by atoms with E-state index >= 15 is 0 Å². The smallest absolute Gasteiger partial charge is 0.328 e. The highest BCUT2D eigenvalue weighted by Gasteiger charge is 2.18. The van der Waals surface area contributed by atoms with Crippen molar-refractivity contribution < 1.29 is 33.8 Å². The molecule has 0 radical (unpaired) electrons. The molecule has 250 valence electrons. The SMILES string of the molecule is CCC(=O)/C=C/c1ccc(COc2ccc3c(c2)CCCC3=O)cc1.O=C(O)/C=C/c1ccc(COc2ccc3c(c2)CCCC3=O)cc1. The van der Waals surface area contributed by atoms with Crippen molar-refractivity contribution in [2.45, 2.75) is 65.1 Å². The summed E-state index contributed by atoms with van der Waals surface area (Å²) in [4.78, 5) is 45.5. The Kier molecular flexibility index (Phi) is 12.1. The average Bonchev–Trinajstić information content (AvgIpc) is 3.12. The van der Waals surface area contributed by atoms with Crippen molar-refractivity contribution in [3.63, 3.8) is 0 Å². The quantitative estimate of drug-likeness (QED) is 0.161. The third-order valence-corrected chi connectivity index (χ3v) is 8.45. The minimum Gasteiger partial charge on any atom is -0.489 e.